The average molecular weight is 231 g/mol. The number of hydrogen-bond donors (Lipinski definition) is 2. The van der Waals surface area contributed by atoms with Crippen molar-refractivity contribution in [2.24, 2.45) is 0 Å². The molecule has 0 atom stereocenters. The Bertz CT molecular complexity index is 522. The molecule has 0 saturated carbocycles. The first-order valence-electron chi connectivity index (χ1n) is 4.93. The minimum absolute atomic E-state index is 0.323. The first-order valence-corrected chi connectivity index (χ1v) is 4.93. The van der Waals surface area contributed by atoms with E-state index in [9.17, 15) is 9.18 Å². The van der Waals surface area contributed by atoms with Gasteiger partial charge in [0.15, 0.2) is 0 Å². The first kappa shape index (κ1) is 11.1. The third-order valence-corrected chi connectivity index (χ3v) is 2.15. The highest BCUT2D eigenvalue weighted by molar-refractivity contribution is 6.04. The summed E-state index contributed by atoms with van der Waals surface area (Å²) in [5.74, 6) is -0.322. The molecule has 0 spiro atoms. The van der Waals surface area contributed by atoms with Gasteiger partial charge in [-0.3, -0.25) is 4.79 Å². The largest absolute Gasteiger partial charge is 0.384 e. The Morgan fingerprint density at radius 2 is 1.88 bits per heavy atom. The maximum Gasteiger partial charge on any atom is 0.255 e. The molecule has 4 nitrogen and oxygen atoms in total. The van der Waals surface area contributed by atoms with Crippen LogP contribution in [0.4, 0.5) is 15.9 Å². The fourth-order valence-electron chi connectivity index (χ4n) is 1.28. The molecule has 0 unspecified atom stereocenters. The number of nitrogen functional groups attached to an aromatic ring is 1. The lowest BCUT2D eigenvalue weighted by molar-refractivity contribution is 0.102. The zero-order chi connectivity index (χ0) is 12.3. The normalized spacial score (nSPS) is 9.94. The number of carbonyl (C=O) groups is 1. The standard InChI is InChI=1S/C12H10FN3O/c13-9-3-1-8(2-4-9)12(17)16-10-5-6-11(14)15-7-10/h1-7H,(H2,14,15)(H,16,17). The molecule has 5 heteroatoms. The molecule has 2 aromatic rings. The van der Waals surface area contributed by atoms with Gasteiger partial charge in [0.05, 0.1) is 11.9 Å². The summed E-state index contributed by atoms with van der Waals surface area (Å²) in [6.45, 7) is 0. The van der Waals surface area contributed by atoms with E-state index in [0.717, 1.165) is 0 Å². The molecule has 0 aliphatic rings. The van der Waals surface area contributed by atoms with E-state index in [1.54, 1.807) is 12.1 Å². The Balaban J connectivity index is 2.11. The van der Waals surface area contributed by atoms with Crippen LogP contribution < -0.4 is 11.1 Å². The molecular formula is C12H10FN3O. The summed E-state index contributed by atoms with van der Waals surface area (Å²) in [6.07, 6.45) is 1.46. The number of nitrogens with one attached hydrogen (secondary N) is 1. The molecule has 1 aromatic heterocycles. The molecule has 0 aliphatic heterocycles. The first-order chi connectivity index (χ1) is 8.15. The molecule has 0 aliphatic carbocycles. The van der Waals surface area contributed by atoms with Gasteiger partial charge in [0.25, 0.3) is 5.91 Å². The Hall–Kier alpha value is -2.43. The van der Waals surface area contributed by atoms with Crippen LogP contribution in [-0.2, 0) is 0 Å². The minimum atomic E-state index is -0.379. The molecule has 3 N–H and O–H groups in total. The van der Waals surface area contributed by atoms with Gasteiger partial charge in [-0.25, -0.2) is 9.37 Å². The number of amides is 1. The number of nitrogens with two attached hydrogens (primary N) is 1. The molecular weight excluding hydrogens is 221 g/mol. The highest BCUT2D eigenvalue weighted by atomic mass is 19.1. The maximum atomic E-state index is 12.7. The number of anilines is 2. The highest BCUT2D eigenvalue weighted by Crippen LogP contribution is 2.10. The van der Waals surface area contributed by atoms with E-state index in [1.807, 2.05) is 0 Å². The van der Waals surface area contributed by atoms with Gasteiger partial charge in [-0.2, -0.15) is 0 Å². The Morgan fingerprint density at radius 3 is 2.47 bits per heavy atom. The summed E-state index contributed by atoms with van der Waals surface area (Å²) in [5.41, 5.74) is 6.33. The summed E-state index contributed by atoms with van der Waals surface area (Å²) in [5, 5.41) is 2.63. The van der Waals surface area contributed by atoms with Crippen molar-refractivity contribution in [1.29, 1.82) is 0 Å². The molecule has 1 amide bonds. The van der Waals surface area contributed by atoms with Crippen molar-refractivity contribution in [1.82, 2.24) is 4.98 Å². The predicted octanol–water partition coefficient (Wildman–Crippen LogP) is 2.06. The molecule has 1 heterocycles. The van der Waals surface area contributed by atoms with E-state index in [0.29, 0.717) is 17.1 Å². The van der Waals surface area contributed by atoms with Crippen LogP contribution in [0.1, 0.15) is 10.4 Å². The van der Waals surface area contributed by atoms with Crippen LogP contribution >= 0.6 is 0 Å². The molecule has 0 saturated heterocycles. The van der Waals surface area contributed by atoms with E-state index in [4.69, 9.17) is 5.73 Å². The van der Waals surface area contributed by atoms with Crippen LogP contribution in [0.2, 0.25) is 0 Å². The van der Waals surface area contributed by atoms with Crippen molar-refractivity contribution in [3.8, 4) is 0 Å². The molecule has 0 bridgehead atoms. The lowest BCUT2D eigenvalue weighted by Gasteiger charge is -2.04. The van der Waals surface area contributed by atoms with E-state index >= 15 is 0 Å². The van der Waals surface area contributed by atoms with Crippen LogP contribution in [0.25, 0.3) is 0 Å². The van der Waals surface area contributed by atoms with E-state index < -0.39 is 0 Å². The topological polar surface area (TPSA) is 68.0 Å². The third-order valence-electron chi connectivity index (χ3n) is 2.15. The van der Waals surface area contributed by atoms with Crippen molar-refractivity contribution in [2.45, 2.75) is 0 Å². The monoisotopic (exact) mass is 231 g/mol. The zero-order valence-electron chi connectivity index (χ0n) is 8.85. The zero-order valence-corrected chi connectivity index (χ0v) is 8.85. The summed E-state index contributed by atoms with van der Waals surface area (Å²) in [4.78, 5) is 15.6. The van der Waals surface area contributed by atoms with Gasteiger partial charge in [0, 0.05) is 5.56 Å². The van der Waals surface area contributed by atoms with Crippen molar-refractivity contribution in [3.63, 3.8) is 0 Å². The quantitative estimate of drug-likeness (QED) is 0.831. The predicted molar refractivity (Wildman–Crippen MR) is 63.0 cm³/mol. The second kappa shape index (κ2) is 4.61. The number of nitrogens with zero attached hydrogens (tertiary/aromatic N) is 1. The van der Waals surface area contributed by atoms with Gasteiger partial charge >= 0.3 is 0 Å². The van der Waals surface area contributed by atoms with Crippen LogP contribution in [0.3, 0.4) is 0 Å². The summed E-state index contributed by atoms with van der Waals surface area (Å²) in [6, 6.07) is 8.51. The van der Waals surface area contributed by atoms with Gasteiger partial charge in [0.1, 0.15) is 11.6 Å². The molecule has 17 heavy (non-hydrogen) atoms. The number of rotatable bonds is 2. The summed E-state index contributed by atoms with van der Waals surface area (Å²) >= 11 is 0. The van der Waals surface area contributed by atoms with E-state index in [2.05, 4.69) is 10.3 Å². The Labute approximate surface area is 97.3 Å². The fraction of sp³-hybridized carbons (Fsp3) is 0. The van der Waals surface area contributed by atoms with E-state index in [-0.39, 0.29) is 11.7 Å². The summed E-state index contributed by atoms with van der Waals surface area (Å²) < 4.78 is 12.7. The third kappa shape index (κ3) is 2.78. The van der Waals surface area contributed by atoms with Gasteiger partial charge in [-0.15, -0.1) is 0 Å². The second-order valence-electron chi connectivity index (χ2n) is 3.43. The smallest absolute Gasteiger partial charge is 0.255 e. The maximum absolute atomic E-state index is 12.7. The molecule has 0 radical (unpaired) electrons. The molecule has 0 fully saturated rings. The number of hydrogen-bond acceptors (Lipinski definition) is 3. The van der Waals surface area contributed by atoms with Crippen molar-refractivity contribution < 1.29 is 9.18 Å². The average Bonchev–Trinajstić information content (AvgIpc) is 2.33. The lowest BCUT2D eigenvalue weighted by Crippen LogP contribution is -2.12. The molecule has 86 valence electrons. The fourth-order valence-corrected chi connectivity index (χ4v) is 1.28. The van der Waals surface area contributed by atoms with Crippen molar-refractivity contribution in [2.75, 3.05) is 11.1 Å². The second-order valence-corrected chi connectivity index (χ2v) is 3.43. The highest BCUT2D eigenvalue weighted by Gasteiger charge is 2.05. The number of pyridine rings is 1. The summed E-state index contributed by atoms with van der Waals surface area (Å²) in [7, 11) is 0. The van der Waals surface area contributed by atoms with Crippen molar-refractivity contribution in [3.05, 3.63) is 54.0 Å². The Kier molecular flexibility index (Phi) is 3.00. The van der Waals surface area contributed by atoms with Gasteiger partial charge in [-0.05, 0) is 36.4 Å². The van der Waals surface area contributed by atoms with E-state index in [1.165, 1.54) is 30.5 Å². The van der Waals surface area contributed by atoms with Crippen LogP contribution in [0.15, 0.2) is 42.6 Å². The van der Waals surface area contributed by atoms with Crippen LogP contribution in [0, 0.1) is 5.82 Å². The van der Waals surface area contributed by atoms with Gasteiger partial charge in [0.2, 0.25) is 0 Å². The van der Waals surface area contributed by atoms with Crippen LogP contribution in [-0.4, -0.2) is 10.9 Å². The van der Waals surface area contributed by atoms with Crippen molar-refractivity contribution >= 4 is 17.4 Å². The number of halogens is 1. The molecule has 2 rings (SSSR count). The SMILES string of the molecule is Nc1ccc(NC(=O)c2ccc(F)cc2)cn1. The van der Waals surface area contributed by atoms with Gasteiger partial charge < -0.3 is 11.1 Å². The lowest BCUT2D eigenvalue weighted by atomic mass is 10.2. The number of benzene rings is 1. The minimum Gasteiger partial charge on any atom is -0.384 e. The van der Waals surface area contributed by atoms with Gasteiger partial charge in [-0.1, -0.05) is 0 Å². The van der Waals surface area contributed by atoms with Crippen LogP contribution in [0.5, 0.6) is 0 Å². The Morgan fingerprint density at radius 1 is 1.18 bits per heavy atom. The number of aromatic nitrogens is 1. The number of carbonyl (C=O) groups excluding carboxylic acids is 1. The molecule has 1 aromatic carbocycles.